The number of carbonyl (C=O) groups is 3. The predicted molar refractivity (Wildman–Crippen MR) is 213 cm³/mol. The van der Waals surface area contributed by atoms with Gasteiger partial charge in [-0.3, -0.25) is 9.59 Å². The van der Waals surface area contributed by atoms with Crippen molar-refractivity contribution in [2.24, 2.45) is 0 Å². The van der Waals surface area contributed by atoms with E-state index in [1.165, 1.54) is 57.8 Å². The van der Waals surface area contributed by atoms with Crippen LogP contribution in [0.1, 0.15) is 162 Å². The number of hydrogen-bond donors (Lipinski definition) is 0. The van der Waals surface area contributed by atoms with Gasteiger partial charge >= 0.3 is 11.9 Å². The van der Waals surface area contributed by atoms with Crippen molar-refractivity contribution >= 4 is 17.9 Å². The SMILES string of the molecule is CC/C=C/C/C=C/C/C=C/C/C=C/CCCCCCCCCC(=O)OCC(COCCC(C(=O)[O-])[N+](C)(C)C)OC(=O)CCCCCCCCCC. The Balaban J connectivity index is 4.27. The first-order chi connectivity index (χ1) is 25.1. The zero-order valence-electron chi connectivity index (χ0n) is 34.0. The molecule has 52 heavy (non-hydrogen) atoms. The molecule has 0 saturated carbocycles. The lowest BCUT2D eigenvalue weighted by Crippen LogP contribution is -2.55. The monoisotopic (exact) mass is 732 g/mol. The number of nitrogens with zero attached hydrogens (tertiary/aromatic N) is 1. The van der Waals surface area contributed by atoms with Crippen LogP contribution in [0.2, 0.25) is 0 Å². The lowest BCUT2D eigenvalue weighted by atomic mass is 10.1. The molecular weight excluding hydrogens is 654 g/mol. The molecule has 0 saturated heterocycles. The average Bonchev–Trinajstić information content (AvgIpc) is 3.09. The fourth-order valence-corrected chi connectivity index (χ4v) is 5.77. The number of unbranched alkanes of at least 4 members (excludes halogenated alkanes) is 14. The topological polar surface area (TPSA) is 102 Å². The highest BCUT2D eigenvalue weighted by Crippen LogP contribution is 2.13. The number of allylic oxidation sites excluding steroid dienone is 8. The van der Waals surface area contributed by atoms with Gasteiger partial charge in [0, 0.05) is 19.3 Å². The zero-order chi connectivity index (χ0) is 38.5. The molecule has 300 valence electrons. The average molecular weight is 732 g/mol. The first-order valence-corrected chi connectivity index (χ1v) is 20.7. The smallest absolute Gasteiger partial charge is 0.306 e. The number of rotatable bonds is 36. The molecule has 0 aromatic carbocycles. The van der Waals surface area contributed by atoms with E-state index < -0.39 is 18.1 Å². The minimum absolute atomic E-state index is 0.0373. The van der Waals surface area contributed by atoms with Crippen molar-refractivity contribution in [2.75, 3.05) is 41.0 Å². The Morgan fingerprint density at radius 3 is 1.60 bits per heavy atom. The minimum atomic E-state index is -1.13. The molecule has 0 aliphatic carbocycles. The fraction of sp³-hybridized carbons (Fsp3) is 0.750. The summed E-state index contributed by atoms with van der Waals surface area (Å²) in [4.78, 5) is 36.6. The molecule has 0 fully saturated rings. The standard InChI is InChI=1S/C44H77NO7/c1-6-8-10-12-14-16-17-18-19-20-21-22-23-24-25-26-27-29-30-32-34-42(46)51-39-40(38-50-37-36-41(44(48)49)45(3,4)5)52-43(47)35-33-31-28-15-13-11-9-7-2/h8,10,14,16,18-19,21-22,40-41H,6-7,9,11-13,15,17,20,23-39H2,1-5H3/b10-8+,16-14+,19-18+,22-21+. The summed E-state index contributed by atoms with van der Waals surface area (Å²) in [7, 11) is 5.39. The number of aliphatic carboxylic acids is 1. The van der Waals surface area contributed by atoms with Crippen LogP contribution >= 0.6 is 0 Å². The molecule has 2 unspecified atom stereocenters. The zero-order valence-corrected chi connectivity index (χ0v) is 34.0. The molecule has 0 bridgehead atoms. The summed E-state index contributed by atoms with van der Waals surface area (Å²) in [6.07, 6.45) is 40.0. The summed E-state index contributed by atoms with van der Waals surface area (Å²) < 4.78 is 17.1. The third kappa shape index (κ3) is 33.1. The van der Waals surface area contributed by atoms with E-state index in [-0.39, 0.29) is 42.7 Å². The van der Waals surface area contributed by atoms with E-state index in [9.17, 15) is 19.5 Å². The van der Waals surface area contributed by atoms with Gasteiger partial charge < -0.3 is 28.6 Å². The third-order valence-corrected chi connectivity index (χ3v) is 8.98. The molecule has 2 atom stereocenters. The molecular formula is C44H77NO7. The van der Waals surface area contributed by atoms with Gasteiger partial charge in [-0.1, -0.05) is 140 Å². The van der Waals surface area contributed by atoms with E-state index in [2.05, 4.69) is 62.5 Å². The maximum atomic E-state index is 12.6. The number of quaternary nitrogens is 1. The van der Waals surface area contributed by atoms with Crippen LogP contribution in [-0.4, -0.2) is 75.5 Å². The Labute approximate surface area is 318 Å². The van der Waals surface area contributed by atoms with E-state index in [0.717, 1.165) is 70.6 Å². The van der Waals surface area contributed by atoms with Crippen molar-refractivity contribution in [3.8, 4) is 0 Å². The van der Waals surface area contributed by atoms with Crippen LogP contribution < -0.4 is 5.11 Å². The van der Waals surface area contributed by atoms with E-state index in [1.807, 2.05) is 0 Å². The van der Waals surface area contributed by atoms with Gasteiger partial charge in [0.05, 0.1) is 40.3 Å². The van der Waals surface area contributed by atoms with E-state index in [1.54, 1.807) is 21.1 Å². The van der Waals surface area contributed by atoms with Gasteiger partial charge in [-0.05, 0) is 51.4 Å². The van der Waals surface area contributed by atoms with Gasteiger partial charge in [-0.25, -0.2) is 0 Å². The van der Waals surface area contributed by atoms with Crippen molar-refractivity contribution in [1.29, 1.82) is 0 Å². The molecule has 0 spiro atoms. The van der Waals surface area contributed by atoms with Crippen LogP contribution in [0.5, 0.6) is 0 Å². The molecule has 8 nitrogen and oxygen atoms in total. The van der Waals surface area contributed by atoms with Gasteiger partial charge in [-0.2, -0.15) is 0 Å². The quantitative estimate of drug-likeness (QED) is 0.0274. The second kappa shape index (κ2) is 35.3. The number of ether oxygens (including phenoxy) is 3. The molecule has 8 heteroatoms. The Morgan fingerprint density at radius 1 is 0.596 bits per heavy atom. The van der Waals surface area contributed by atoms with Crippen molar-refractivity contribution in [3.05, 3.63) is 48.6 Å². The molecule has 0 aromatic heterocycles. The molecule has 0 amide bonds. The number of carboxylic acid groups (broad SMARTS) is 1. The van der Waals surface area contributed by atoms with Crippen molar-refractivity contribution in [2.45, 2.75) is 174 Å². The Hall–Kier alpha value is -2.71. The molecule has 0 N–H and O–H groups in total. The van der Waals surface area contributed by atoms with E-state index in [4.69, 9.17) is 14.2 Å². The molecule has 0 aliphatic rings. The Kier molecular flexibility index (Phi) is 33.5. The highest BCUT2D eigenvalue weighted by atomic mass is 16.6. The Bertz CT molecular complexity index is 995. The lowest BCUT2D eigenvalue weighted by molar-refractivity contribution is -0.889. The number of hydrogen-bond acceptors (Lipinski definition) is 7. The molecule has 0 aliphatic heterocycles. The fourth-order valence-electron chi connectivity index (χ4n) is 5.77. The van der Waals surface area contributed by atoms with Crippen LogP contribution in [0.25, 0.3) is 0 Å². The van der Waals surface area contributed by atoms with Crippen LogP contribution in [0.3, 0.4) is 0 Å². The minimum Gasteiger partial charge on any atom is -0.544 e. The normalized spacial score (nSPS) is 13.5. The maximum absolute atomic E-state index is 12.6. The molecule has 0 aromatic rings. The summed E-state index contributed by atoms with van der Waals surface area (Å²) in [5, 5.41) is 11.6. The van der Waals surface area contributed by atoms with Crippen molar-refractivity contribution in [3.63, 3.8) is 0 Å². The van der Waals surface area contributed by atoms with Crippen molar-refractivity contribution in [1.82, 2.24) is 0 Å². The van der Waals surface area contributed by atoms with Gasteiger partial charge in [0.1, 0.15) is 12.6 Å². The van der Waals surface area contributed by atoms with Crippen LogP contribution in [0.15, 0.2) is 48.6 Å². The maximum Gasteiger partial charge on any atom is 0.306 e. The summed E-state index contributed by atoms with van der Waals surface area (Å²) in [6, 6.07) is -0.725. The number of likely N-dealkylation sites (N-methyl/N-ethyl adjacent to an activating group) is 1. The lowest BCUT2D eigenvalue weighted by Gasteiger charge is -2.34. The van der Waals surface area contributed by atoms with E-state index >= 15 is 0 Å². The number of carbonyl (C=O) groups excluding carboxylic acids is 3. The number of carboxylic acids is 1. The van der Waals surface area contributed by atoms with Gasteiger partial charge in [0.25, 0.3) is 0 Å². The summed E-state index contributed by atoms with van der Waals surface area (Å²) in [6.45, 7) is 4.49. The second-order valence-corrected chi connectivity index (χ2v) is 14.8. The summed E-state index contributed by atoms with van der Waals surface area (Å²) >= 11 is 0. The van der Waals surface area contributed by atoms with Gasteiger partial charge in [0.2, 0.25) is 0 Å². The molecule has 0 radical (unpaired) electrons. The largest absolute Gasteiger partial charge is 0.544 e. The number of esters is 2. The highest BCUT2D eigenvalue weighted by molar-refractivity contribution is 5.70. The molecule has 0 heterocycles. The first-order valence-electron chi connectivity index (χ1n) is 20.7. The first kappa shape index (κ1) is 49.3. The van der Waals surface area contributed by atoms with Gasteiger partial charge in [-0.15, -0.1) is 0 Å². The van der Waals surface area contributed by atoms with Crippen LogP contribution in [0, 0.1) is 0 Å². The second-order valence-electron chi connectivity index (χ2n) is 14.8. The van der Waals surface area contributed by atoms with Gasteiger partial charge in [0.15, 0.2) is 6.10 Å². The van der Waals surface area contributed by atoms with E-state index in [0.29, 0.717) is 12.8 Å². The third-order valence-electron chi connectivity index (χ3n) is 8.98. The molecule has 0 rings (SSSR count). The summed E-state index contributed by atoms with van der Waals surface area (Å²) in [5.41, 5.74) is 0. The highest BCUT2D eigenvalue weighted by Gasteiger charge is 2.25. The Morgan fingerprint density at radius 2 is 1.08 bits per heavy atom. The summed E-state index contributed by atoms with van der Waals surface area (Å²) in [5.74, 6) is -1.76. The predicted octanol–water partition coefficient (Wildman–Crippen LogP) is 9.52. The van der Waals surface area contributed by atoms with Crippen LogP contribution in [0.4, 0.5) is 0 Å². The van der Waals surface area contributed by atoms with Crippen LogP contribution in [-0.2, 0) is 28.6 Å². The van der Waals surface area contributed by atoms with Crippen molar-refractivity contribution < 1.29 is 38.2 Å².